The van der Waals surface area contributed by atoms with Crippen molar-refractivity contribution >= 4 is 5.91 Å². The molecule has 3 rings (SSSR count). The quantitative estimate of drug-likeness (QED) is 0.712. The van der Waals surface area contributed by atoms with E-state index in [-0.39, 0.29) is 17.6 Å². The van der Waals surface area contributed by atoms with Crippen molar-refractivity contribution in [2.45, 2.75) is 71.2 Å². The summed E-state index contributed by atoms with van der Waals surface area (Å²) in [4.78, 5) is 18.9. The van der Waals surface area contributed by atoms with Crippen LogP contribution in [0.1, 0.15) is 50.8 Å². The molecule has 3 heterocycles. The lowest BCUT2D eigenvalue weighted by Gasteiger charge is -2.31. The number of carbonyl (C=O) groups is 1. The Morgan fingerprint density at radius 3 is 2.83 bits per heavy atom. The number of alkyl halides is 2. The highest BCUT2D eigenvalue weighted by atomic mass is 19.3. The van der Waals surface area contributed by atoms with E-state index < -0.39 is 6.61 Å². The lowest BCUT2D eigenvalue weighted by molar-refractivity contribution is -0.136. The van der Waals surface area contributed by atoms with Gasteiger partial charge in [0, 0.05) is 56.4 Å². The summed E-state index contributed by atoms with van der Waals surface area (Å²) in [6, 6.07) is 2.42. The van der Waals surface area contributed by atoms with Gasteiger partial charge in [0.1, 0.15) is 5.75 Å². The van der Waals surface area contributed by atoms with Crippen LogP contribution in [-0.4, -0.2) is 54.2 Å². The van der Waals surface area contributed by atoms with E-state index in [0.717, 1.165) is 50.2 Å². The molecule has 6 nitrogen and oxygen atoms in total. The number of fused-ring (bicyclic) bond motifs is 1. The fraction of sp³-hybridized carbons (Fsp3) is 0.714. The molecule has 0 bridgehead atoms. The normalized spacial score (nSPS) is 19.7. The van der Waals surface area contributed by atoms with Crippen LogP contribution < -0.4 is 10.1 Å². The molecule has 2 atom stereocenters. The Labute approximate surface area is 171 Å². The van der Waals surface area contributed by atoms with Crippen molar-refractivity contribution in [2.75, 3.05) is 19.8 Å². The molecule has 2 aliphatic heterocycles. The van der Waals surface area contributed by atoms with E-state index in [1.165, 1.54) is 6.20 Å². The molecule has 0 spiro atoms. The number of hydrogen-bond donors (Lipinski definition) is 1. The number of ether oxygens (including phenoxy) is 2. The van der Waals surface area contributed by atoms with Gasteiger partial charge in [0.25, 0.3) is 0 Å². The summed E-state index contributed by atoms with van der Waals surface area (Å²) in [5.74, 6) is 0.0622. The molecule has 1 aromatic heterocycles. The highest BCUT2D eigenvalue weighted by Crippen LogP contribution is 2.24. The standard InChI is InChI=1S/C21H31F2N3O3/c1-14(3-4-15(2)25-17-6-9-28-10-7-17)20(27)26-8-5-19-16(13-26)11-18(12-24-19)29-21(22)23/h11-12,14-15,17,21,25H,3-10,13H2,1-2H3. The summed E-state index contributed by atoms with van der Waals surface area (Å²) in [6.07, 6.45) is 5.77. The van der Waals surface area contributed by atoms with Crippen molar-refractivity contribution in [1.82, 2.24) is 15.2 Å². The molecule has 1 aromatic rings. The van der Waals surface area contributed by atoms with Gasteiger partial charge in [-0.15, -0.1) is 0 Å². The Kier molecular flexibility index (Phi) is 7.77. The lowest BCUT2D eigenvalue weighted by atomic mass is 9.97. The third-order valence-electron chi connectivity index (χ3n) is 5.75. The lowest BCUT2D eigenvalue weighted by Crippen LogP contribution is -2.41. The van der Waals surface area contributed by atoms with E-state index in [0.29, 0.717) is 31.6 Å². The fourth-order valence-corrected chi connectivity index (χ4v) is 4.04. The van der Waals surface area contributed by atoms with Crippen LogP contribution in [0.4, 0.5) is 8.78 Å². The van der Waals surface area contributed by atoms with Gasteiger partial charge < -0.3 is 19.7 Å². The van der Waals surface area contributed by atoms with Crippen molar-refractivity contribution in [2.24, 2.45) is 5.92 Å². The second kappa shape index (κ2) is 10.3. The maximum Gasteiger partial charge on any atom is 0.387 e. The number of nitrogens with one attached hydrogen (secondary N) is 1. The maximum atomic E-state index is 12.9. The monoisotopic (exact) mass is 411 g/mol. The number of rotatable bonds is 8. The fourth-order valence-electron chi connectivity index (χ4n) is 4.04. The minimum atomic E-state index is -2.88. The second-order valence-electron chi connectivity index (χ2n) is 8.10. The average molecular weight is 411 g/mol. The van der Waals surface area contributed by atoms with Gasteiger partial charge in [-0.05, 0) is 44.2 Å². The van der Waals surface area contributed by atoms with E-state index >= 15 is 0 Å². The molecular weight excluding hydrogens is 380 g/mol. The van der Waals surface area contributed by atoms with Crippen LogP contribution in [0.2, 0.25) is 0 Å². The smallest absolute Gasteiger partial charge is 0.387 e. The van der Waals surface area contributed by atoms with E-state index in [1.54, 1.807) is 11.0 Å². The van der Waals surface area contributed by atoms with Gasteiger partial charge in [0.2, 0.25) is 5.91 Å². The molecule has 1 amide bonds. The van der Waals surface area contributed by atoms with Gasteiger partial charge in [-0.3, -0.25) is 9.78 Å². The van der Waals surface area contributed by atoms with Crippen LogP contribution in [0.15, 0.2) is 12.3 Å². The van der Waals surface area contributed by atoms with Crippen molar-refractivity contribution in [3.8, 4) is 5.75 Å². The first-order valence-electron chi connectivity index (χ1n) is 10.5. The first-order valence-corrected chi connectivity index (χ1v) is 10.5. The minimum Gasteiger partial charge on any atom is -0.433 e. The highest BCUT2D eigenvalue weighted by molar-refractivity contribution is 5.78. The largest absolute Gasteiger partial charge is 0.433 e. The summed E-state index contributed by atoms with van der Waals surface area (Å²) in [5.41, 5.74) is 1.63. The predicted octanol–water partition coefficient (Wildman–Crippen LogP) is 3.14. The van der Waals surface area contributed by atoms with Gasteiger partial charge in [0.15, 0.2) is 0 Å². The van der Waals surface area contributed by atoms with Crippen molar-refractivity contribution in [3.63, 3.8) is 0 Å². The van der Waals surface area contributed by atoms with Gasteiger partial charge in [-0.2, -0.15) is 8.78 Å². The Balaban J connectivity index is 1.48. The number of hydrogen-bond acceptors (Lipinski definition) is 5. The maximum absolute atomic E-state index is 12.9. The number of pyridine rings is 1. The van der Waals surface area contributed by atoms with Crippen LogP contribution in [-0.2, 0) is 22.5 Å². The van der Waals surface area contributed by atoms with E-state index in [9.17, 15) is 13.6 Å². The van der Waals surface area contributed by atoms with Crippen LogP contribution in [0.3, 0.4) is 0 Å². The van der Waals surface area contributed by atoms with Crippen molar-refractivity contribution in [3.05, 3.63) is 23.5 Å². The molecule has 162 valence electrons. The summed E-state index contributed by atoms with van der Waals surface area (Å²) < 4.78 is 34.7. The third-order valence-corrected chi connectivity index (χ3v) is 5.75. The van der Waals surface area contributed by atoms with Gasteiger partial charge in [-0.25, -0.2) is 0 Å². The van der Waals surface area contributed by atoms with E-state index in [4.69, 9.17) is 4.74 Å². The van der Waals surface area contributed by atoms with Crippen LogP contribution in [0, 0.1) is 5.92 Å². The predicted molar refractivity (Wildman–Crippen MR) is 105 cm³/mol. The van der Waals surface area contributed by atoms with E-state index in [2.05, 4.69) is 22.0 Å². The topological polar surface area (TPSA) is 63.7 Å². The molecule has 0 saturated carbocycles. The summed E-state index contributed by atoms with van der Waals surface area (Å²) in [6.45, 7) is 3.88. The van der Waals surface area contributed by atoms with Gasteiger partial charge in [0.05, 0.1) is 6.20 Å². The molecule has 0 radical (unpaired) electrons. The number of halogens is 2. The summed E-state index contributed by atoms with van der Waals surface area (Å²) in [5, 5.41) is 3.64. The molecule has 29 heavy (non-hydrogen) atoms. The molecule has 2 aliphatic rings. The van der Waals surface area contributed by atoms with Crippen LogP contribution in [0.25, 0.3) is 0 Å². The van der Waals surface area contributed by atoms with Gasteiger partial charge >= 0.3 is 6.61 Å². The SMILES string of the molecule is CC(CCC(C)C(=O)N1CCc2ncc(OC(F)F)cc2C1)NC1CCOCC1. The number of amides is 1. The molecule has 0 aromatic carbocycles. The molecule has 1 fully saturated rings. The summed E-state index contributed by atoms with van der Waals surface area (Å²) >= 11 is 0. The first-order chi connectivity index (χ1) is 13.9. The van der Waals surface area contributed by atoms with Crippen molar-refractivity contribution in [1.29, 1.82) is 0 Å². The second-order valence-corrected chi connectivity index (χ2v) is 8.10. The Morgan fingerprint density at radius 2 is 2.10 bits per heavy atom. The van der Waals surface area contributed by atoms with Crippen LogP contribution >= 0.6 is 0 Å². The molecular formula is C21H31F2N3O3. The third kappa shape index (κ3) is 6.34. The average Bonchev–Trinajstić information content (AvgIpc) is 2.71. The molecule has 8 heteroatoms. The molecule has 1 N–H and O–H groups in total. The van der Waals surface area contributed by atoms with Gasteiger partial charge in [-0.1, -0.05) is 6.92 Å². The number of nitrogens with zero attached hydrogens (tertiary/aromatic N) is 2. The first kappa shape index (κ1) is 21.9. The zero-order valence-electron chi connectivity index (χ0n) is 17.2. The number of carbonyl (C=O) groups excluding carboxylic acids is 1. The van der Waals surface area contributed by atoms with Crippen molar-refractivity contribution < 1.29 is 23.0 Å². The number of aromatic nitrogens is 1. The zero-order valence-corrected chi connectivity index (χ0v) is 17.2. The Hall–Kier alpha value is -1.80. The molecule has 2 unspecified atom stereocenters. The molecule has 1 saturated heterocycles. The van der Waals surface area contributed by atoms with Crippen LogP contribution in [0.5, 0.6) is 5.75 Å². The minimum absolute atomic E-state index is 0.0362. The Bertz CT molecular complexity index is 683. The van der Waals surface area contributed by atoms with E-state index in [1.807, 2.05) is 6.92 Å². The Morgan fingerprint density at radius 1 is 1.34 bits per heavy atom. The molecule has 0 aliphatic carbocycles. The zero-order chi connectivity index (χ0) is 20.8. The summed E-state index contributed by atoms with van der Waals surface area (Å²) in [7, 11) is 0. The highest BCUT2D eigenvalue weighted by Gasteiger charge is 2.26.